The molecule has 0 aromatic heterocycles. The van der Waals surface area contributed by atoms with Gasteiger partial charge in [-0.2, -0.15) is 0 Å². The molecule has 7 unspecified atom stereocenters. The monoisotopic (exact) mass is 1210 g/mol. The third-order valence-electron chi connectivity index (χ3n) is 22.9. The number of carbonyl (C=O) groups is 1. The van der Waals surface area contributed by atoms with Crippen LogP contribution in [0.2, 0.25) is 0 Å². The maximum absolute atomic E-state index is 15.1. The van der Waals surface area contributed by atoms with Crippen LogP contribution in [0.5, 0.6) is 0 Å². The van der Waals surface area contributed by atoms with Crippen molar-refractivity contribution in [1.82, 2.24) is 0 Å². The summed E-state index contributed by atoms with van der Waals surface area (Å²) in [5, 5.41) is 162. The number of hydrogen-bond donors (Lipinski definition) is 15. The molecule has 10 rings (SSSR count). The van der Waals surface area contributed by atoms with Crippen LogP contribution in [0.3, 0.4) is 0 Å². The number of aliphatic hydroxyl groups excluding tert-OH is 15. The van der Waals surface area contributed by atoms with Gasteiger partial charge in [-0.05, 0) is 111 Å². The van der Waals surface area contributed by atoms with Gasteiger partial charge in [0.05, 0.1) is 50.7 Å². The lowest BCUT2D eigenvalue weighted by molar-refractivity contribution is -0.379. The van der Waals surface area contributed by atoms with Gasteiger partial charge in [0.2, 0.25) is 6.29 Å². The fourth-order valence-electron chi connectivity index (χ4n) is 17.4. The maximum atomic E-state index is 15.1. The molecular formula is C58H94O26. The minimum atomic E-state index is -1.90. The van der Waals surface area contributed by atoms with Gasteiger partial charge >= 0.3 is 5.97 Å². The summed E-state index contributed by atoms with van der Waals surface area (Å²) < 4.78 is 59.6. The van der Waals surface area contributed by atoms with E-state index in [0.29, 0.717) is 57.8 Å². The number of aliphatic hydroxyl groups is 15. The Balaban J connectivity index is 0.852. The first-order valence-corrected chi connectivity index (χ1v) is 30.2. The second-order valence-corrected chi connectivity index (χ2v) is 28.0. The largest absolute Gasteiger partial charge is 0.432 e. The van der Waals surface area contributed by atoms with Crippen LogP contribution in [0.25, 0.3) is 0 Å². The predicted molar refractivity (Wildman–Crippen MR) is 283 cm³/mol. The van der Waals surface area contributed by atoms with Crippen molar-refractivity contribution < 1.29 is 129 Å². The maximum Gasteiger partial charge on any atom is 0.315 e. The molecule has 9 fully saturated rings. The predicted octanol–water partition coefficient (Wildman–Crippen LogP) is -2.93. The summed E-state index contributed by atoms with van der Waals surface area (Å²) in [6, 6.07) is 0. The molecule has 32 atom stereocenters. The molecule has 5 aliphatic heterocycles. The molecule has 0 bridgehead atoms. The van der Waals surface area contributed by atoms with Crippen LogP contribution in [-0.4, -0.2) is 263 Å². The van der Waals surface area contributed by atoms with Crippen molar-refractivity contribution in [3.05, 3.63) is 11.6 Å². The van der Waals surface area contributed by atoms with E-state index >= 15 is 4.79 Å². The lowest BCUT2D eigenvalue weighted by Gasteiger charge is -2.71. The molecule has 0 amide bonds. The van der Waals surface area contributed by atoms with Gasteiger partial charge < -0.3 is 124 Å². The van der Waals surface area contributed by atoms with Crippen molar-refractivity contribution >= 4 is 5.97 Å². The molecule has 26 nitrogen and oxygen atoms in total. The molecule has 10 aliphatic rings. The smallest absolute Gasteiger partial charge is 0.315 e. The Labute approximate surface area is 488 Å². The van der Waals surface area contributed by atoms with Crippen molar-refractivity contribution in [1.29, 1.82) is 0 Å². The lowest BCUT2D eigenvalue weighted by atomic mass is 9.33. The minimum absolute atomic E-state index is 0.0990. The minimum Gasteiger partial charge on any atom is -0.432 e. The van der Waals surface area contributed by atoms with Gasteiger partial charge in [0.15, 0.2) is 25.2 Å². The quantitative estimate of drug-likeness (QED) is 0.0499. The van der Waals surface area contributed by atoms with Gasteiger partial charge in [-0.3, -0.25) is 4.79 Å². The standard InChI is InChI=1S/C58H94O26/c1-24-34(64)45(82-47-40(70)35(65)27(62)21-75-47)43(73)50(77-24)83-46-36(66)28(63)22-76-51(46)80-33-11-12-54(4)31(55(33,5)23-61)10-13-57(7)32(54)9-8-25-26-18-53(2,3)14-16-58(26,17-15-56(25,57)6)52(74)84-49-42(72)39(69)44(30(20-60)79-49)81-48-41(71)38(68)37(67)29(19-59)78-48/h8,24,26-51,59-73H,9-23H2,1-7H3/t24-,26?,27+,28+,29+,30+,31+,32?,33?,34-,35-,36+,37+,38-,39+,40+,41+,42+,43+,44+,45+,46-,47-,48-,49-,50-,51-,54?,55?,56+,57?,58?/m0/s1. The zero-order chi connectivity index (χ0) is 61.1. The van der Waals surface area contributed by atoms with Crippen LogP contribution in [-0.2, 0) is 52.2 Å². The Bertz CT molecular complexity index is 2330. The van der Waals surface area contributed by atoms with E-state index in [1.807, 2.05) is 6.92 Å². The van der Waals surface area contributed by atoms with Crippen molar-refractivity contribution in [2.45, 2.75) is 260 Å². The number of ether oxygens (including phenoxy) is 10. The van der Waals surface area contributed by atoms with Crippen molar-refractivity contribution in [3.63, 3.8) is 0 Å². The second-order valence-electron chi connectivity index (χ2n) is 28.0. The first-order chi connectivity index (χ1) is 39.4. The van der Waals surface area contributed by atoms with Crippen LogP contribution in [0.4, 0.5) is 0 Å². The molecule has 0 aromatic carbocycles. The lowest BCUT2D eigenvalue weighted by Crippen LogP contribution is -2.67. The number of hydrogen-bond acceptors (Lipinski definition) is 26. The molecule has 5 aliphatic carbocycles. The Kier molecular flexibility index (Phi) is 18.7. The SMILES string of the molecule is C[C@@H]1O[C@@H](O[C@@H]2[C@H](OC3CCC4(C)C5CC=C6C7CC(C)(C)CCC7(C(=O)O[C@@H]7O[C@H](CO)[C@@H](O[C@@H]8O[C@H](CO)[C@@H](O)[C@H](O)[C@H]8O)[C@H](O)[C@H]7O)CC[C@@]6(C)C5(C)CC[C@H]4C3(C)CO)OC[C@@H](O)[C@H]2O)[C@H](O)[C@H](O[C@@H]2OC[C@@H](O)[C@H](O)[C@H]2O)[C@H]1O. The van der Waals surface area contributed by atoms with Gasteiger partial charge in [-0.1, -0.05) is 53.2 Å². The van der Waals surface area contributed by atoms with E-state index in [0.717, 1.165) is 6.42 Å². The summed E-state index contributed by atoms with van der Waals surface area (Å²) in [4.78, 5) is 15.1. The molecule has 15 N–H and O–H groups in total. The van der Waals surface area contributed by atoms with Crippen LogP contribution in [0.1, 0.15) is 113 Å². The summed E-state index contributed by atoms with van der Waals surface area (Å²) in [5.41, 5.74) is -1.98. The van der Waals surface area contributed by atoms with Crippen LogP contribution < -0.4 is 0 Å². The number of rotatable bonds is 13. The van der Waals surface area contributed by atoms with E-state index in [1.165, 1.54) is 12.5 Å². The Morgan fingerprint density at radius 2 is 1.14 bits per heavy atom. The molecule has 26 heteroatoms. The highest BCUT2D eigenvalue weighted by Gasteiger charge is 2.71. The topological polar surface area (TPSA) is 413 Å². The van der Waals surface area contributed by atoms with E-state index in [2.05, 4.69) is 40.7 Å². The molecular weight excluding hydrogens is 1110 g/mol. The molecule has 0 spiro atoms. The average Bonchev–Trinajstić information content (AvgIpc) is 0.725. The second kappa shape index (κ2) is 24.1. The Hall–Kier alpha value is -1.75. The first-order valence-electron chi connectivity index (χ1n) is 30.2. The highest BCUT2D eigenvalue weighted by Crippen LogP contribution is 2.76. The van der Waals surface area contributed by atoms with Crippen LogP contribution >= 0.6 is 0 Å². The van der Waals surface area contributed by atoms with E-state index in [-0.39, 0.29) is 47.2 Å². The van der Waals surface area contributed by atoms with Gasteiger partial charge in [0, 0.05) is 5.41 Å². The number of allylic oxidation sites excluding steroid dienone is 2. The zero-order valence-electron chi connectivity index (χ0n) is 49.0. The summed E-state index contributed by atoms with van der Waals surface area (Å²) in [7, 11) is 0. The van der Waals surface area contributed by atoms with Gasteiger partial charge in [0.25, 0.3) is 0 Å². The summed E-state index contributed by atoms with van der Waals surface area (Å²) in [6.07, 6.45) is -28.8. The molecule has 5 saturated heterocycles. The van der Waals surface area contributed by atoms with Crippen molar-refractivity contribution in [3.8, 4) is 0 Å². The number of fused-ring (bicyclic) bond motifs is 7. The summed E-state index contributed by atoms with van der Waals surface area (Å²) >= 11 is 0. The molecule has 4 saturated carbocycles. The highest BCUT2D eigenvalue weighted by atomic mass is 16.8. The fraction of sp³-hybridized carbons (Fsp3) is 0.948. The molecule has 0 aromatic rings. The van der Waals surface area contributed by atoms with Crippen LogP contribution in [0, 0.1) is 50.2 Å². The van der Waals surface area contributed by atoms with Gasteiger partial charge in [-0.15, -0.1) is 0 Å². The van der Waals surface area contributed by atoms with E-state index in [9.17, 15) is 76.6 Å². The first kappa shape index (κ1) is 65.2. The number of esters is 1. The van der Waals surface area contributed by atoms with E-state index in [4.69, 9.17) is 47.4 Å². The van der Waals surface area contributed by atoms with E-state index in [1.54, 1.807) is 0 Å². The molecule has 5 heterocycles. The average molecular weight is 1210 g/mol. The Morgan fingerprint density at radius 1 is 0.548 bits per heavy atom. The van der Waals surface area contributed by atoms with E-state index < -0.39 is 189 Å². The van der Waals surface area contributed by atoms with Gasteiger partial charge in [0.1, 0.15) is 104 Å². The normalized spacial score (nSPS) is 54.9. The fourth-order valence-corrected chi connectivity index (χ4v) is 17.4. The molecule has 0 radical (unpaired) electrons. The van der Waals surface area contributed by atoms with Crippen molar-refractivity contribution in [2.75, 3.05) is 33.0 Å². The Morgan fingerprint density at radius 3 is 1.82 bits per heavy atom. The highest BCUT2D eigenvalue weighted by molar-refractivity contribution is 5.79. The number of carbonyl (C=O) groups excluding carboxylic acids is 1. The molecule has 482 valence electrons. The zero-order valence-corrected chi connectivity index (χ0v) is 49.0. The third kappa shape index (κ3) is 10.8. The molecule has 84 heavy (non-hydrogen) atoms. The van der Waals surface area contributed by atoms with Crippen LogP contribution in [0.15, 0.2) is 11.6 Å². The third-order valence-corrected chi connectivity index (χ3v) is 22.9. The van der Waals surface area contributed by atoms with Crippen molar-refractivity contribution in [2.24, 2.45) is 50.2 Å². The summed E-state index contributed by atoms with van der Waals surface area (Å²) in [5.74, 6) is -0.880. The summed E-state index contributed by atoms with van der Waals surface area (Å²) in [6.45, 7) is 12.3. The van der Waals surface area contributed by atoms with Gasteiger partial charge in [-0.25, -0.2) is 0 Å².